The predicted molar refractivity (Wildman–Crippen MR) is 95.2 cm³/mol. The Kier molecular flexibility index (Phi) is 5.23. The number of carbonyl (C=O) groups excluding carboxylic acids is 1. The summed E-state index contributed by atoms with van der Waals surface area (Å²) in [5.74, 6) is -1.63. The van der Waals surface area contributed by atoms with Gasteiger partial charge < -0.3 is 10.2 Å². The van der Waals surface area contributed by atoms with Gasteiger partial charge in [-0.1, -0.05) is 23.7 Å². The van der Waals surface area contributed by atoms with Crippen LogP contribution in [0.15, 0.2) is 36.4 Å². The third-order valence-corrected chi connectivity index (χ3v) is 4.87. The van der Waals surface area contributed by atoms with Gasteiger partial charge in [-0.15, -0.1) is 0 Å². The van der Waals surface area contributed by atoms with Crippen molar-refractivity contribution in [2.45, 2.75) is 13.3 Å². The molecule has 0 spiro atoms. The van der Waals surface area contributed by atoms with Crippen LogP contribution in [-0.2, 0) is 0 Å². The largest absolute Gasteiger partial charge is 0.371 e. The van der Waals surface area contributed by atoms with Crippen LogP contribution in [0.25, 0.3) is 0 Å². The summed E-state index contributed by atoms with van der Waals surface area (Å²) in [5.41, 5.74) is 1.99. The van der Waals surface area contributed by atoms with E-state index in [0.717, 1.165) is 24.6 Å². The minimum absolute atomic E-state index is 0.186. The van der Waals surface area contributed by atoms with Crippen molar-refractivity contribution in [1.82, 2.24) is 5.32 Å². The highest BCUT2D eigenvalue weighted by molar-refractivity contribution is 6.34. The Balaban J connectivity index is 1.58. The van der Waals surface area contributed by atoms with Gasteiger partial charge in [0.15, 0.2) is 11.6 Å². The van der Waals surface area contributed by atoms with E-state index in [1.165, 1.54) is 6.07 Å². The van der Waals surface area contributed by atoms with E-state index in [2.05, 4.69) is 5.32 Å². The number of anilines is 1. The fourth-order valence-electron chi connectivity index (χ4n) is 3.16. The van der Waals surface area contributed by atoms with Crippen LogP contribution in [0, 0.1) is 24.5 Å². The van der Waals surface area contributed by atoms with Crippen molar-refractivity contribution in [3.05, 3.63) is 64.2 Å². The number of rotatable bonds is 4. The summed E-state index contributed by atoms with van der Waals surface area (Å²) in [4.78, 5) is 14.4. The maximum atomic E-state index is 13.4. The molecule has 1 atom stereocenters. The van der Waals surface area contributed by atoms with Gasteiger partial charge in [0.05, 0.1) is 10.6 Å². The second-order valence-electron chi connectivity index (χ2n) is 6.34. The molecule has 3 nitrogen and oxygen atoms in total. The highest BCUT2D eigenvalue weighted by atomic mass is 35.5. The summed E-state index contributed by atoms with van der Waals surface area (Å²) >= 11 is 6.12. The van der Waals surface area contributed by atoms with E-state index in [1.807, 2.05) is 24.0 Å². The second-order valence-corrected chi connectivity index (χ2v) is 6.75. The van der Waals surface area contributed by atoms with Crippen molar-refractivity contribution in [2.75, 3.05) is 24.5 Å². The zero-order valence-corrected chi connectivity index (χ0v) is 14.6. The molecule has 1 amide bonds. The van der Waals surface area contributed by atoms with Crippen LogP contribution in [0.2, 0.25) is 5.02 Å². The predicted octanol–water partition coefficient (Wildman–Crippen LogP) is 4.18. The Bertz CT molecular complexity index is 777. The van der Waals surface area contributed by atoms with E-state index >= 15 is 0 Å². The van der Waals surface area contributed by atoms with E-state index < -0.39 is 11.6 Å². The molecule has 1 aliphatic heterocycles. The zero-order chi connectivity index (χ0) is 18.0. The molecule has 1 saturated heterocycles. The van der Waals surface area contributed by atoms with Gasteiger partial charge in [0, 0.05) is 31.4 Å². The standard InChI is InChI=1S/C19H19ClF2N2O/c1-12-3-2-4-15(20)18(12)19(25)23-10-13-7-8-24(11-13)14-5-6-16(21)17(22)9-14/h2-6,9,13H,7-8,10-11H2,1H3,(H,23,25). The van der Waals surface area contributed by atoms with Crippen LogP contribution >= 0.6 is 11.6 Å². The maximum Gasteiger partial charge on any atom is 0.253 e. The molecule has 0 bridgehead atoms. The molecule has 0 aromatic heterocycles. The Labute approximate surface area is 150 Å². The molecule has 25 heavy (non-hydrogen) atoms. The molecule has 1 aliphatic rings. The molecule has 0 aliphatic carbocycles. The van der Waals surface area contributed by atoms with Gasteiger partial charge in [-0.2, -0.15) is 0 Å². The number of amides is 1. The van der Waals surface area contributed by atoms with Crippen molar-refractivity contribution >= 4 is 23.2 Å². The van der Waals surface area contributed by atoms with Gasteiger partial charge >= 0.3 is 0 Å². The van der Waals surface area contributed by atoms with Crippen molar-refractivity contribution < 1.29 is 13.6 Å². The Morgan fingerprint density at radius 2 is 2.08 bits per heavy atom. The quantitative estimate of drug-likeness (QED) is 0.882. The van der Waals surface area contributed by atoms with Gasteiger partial charge in [-0.3, -0.25) is 4.79 Å². The van der Waals surface area contributed by atoms with Crippen LogP contribution < -0.4 is 10.2 Å². The van der Waals surface area contributed by atoms with Gasteiger partial charge in [-0.05, 0) is 43.0 Å². The lowest BCUT2D eigenvalue weighted by Crippen LogP contribution is -2.31. The molecule has 1 N–H and O–H groups in total. The number of nitrogens with zero attached hydrogens (tertiary/aromatic N) is 1. The number of benzene rings is 2. The SMILES string of the molecule is Cc1cccc(Cl)c1C(=O)NCC1CCN(c2ccc(F)c(F)c2)C1. The van der Waals surface area contributed by atoms with Crippen LogP contribution in [0.4, 0.5) is 14.5 Å². The molecule has 6 heteroatoms. The van der Waals surface area contributed by atoms with Gasteiger partial charge in [-0.25, -0.2) is 8.78 Å². The summed E-state index contributed by atoms with van der Waals surface area (Å²) in [5, 5.41) is 3.37. The lowest BCUT2D eigenvalue weighted by atomic mass is 10.1. The summed E-state index contributed by atoms with van der Waals surface area (Å²) in [7, 11) is 0. The summed E-state index contributed by atoms with van der Waals surface area (Å²) in [6.45, 7) is 3.80. The average molecular weight is 365 g/mol. The highest BCUT2D eigenvalue weighted by Crippen LogP contribution is 2.25. The van der Waals surface area contributed by atoms with Crippen molar-refractivity contribution in [3.63, 3.8) is 0 Å². The first-order chi connectivity index (χ1) is 12.0. The number of hydrogen-bond acceptors (Lipinski definition) is 2. The average Bonchev–Trinajstić information content (AvgIpc) is 3.04. The third-order valence-electron chi connectivity index (χ3n) is 4.55. The molecule has 132 valence electrons. The first-order valence-electron chi connectivity index (χ1n) is 8.19. The molecular weight excluding hydrogens is 346 g/mol. The van der Waals surface area contributed by atoms with E-state index in [4.69, 9.17) is 11.6 Å². The first kappa shape index (κ1) is 17.7. The number of hydrogen-bond donors (Lipinski definition) is 1. The van der Waals surface area contributed by atoms with Crippen molar-refractivity contribution in [1.29, 1.82) is 0 Å². The number of nitrogens with one attached hydrogen (secondary N) is 1. The Hall–Kier alpha value is -2.14. The number of carbonyl (C=O) groups is 1. The molecule has 1 fully saturated rings. The fourth-order valence-corrected chi connectivity index (χ4v) is 3.47. The summed E-state index contributed by atoms with van der Waals surface area (Å²) in [6.07, 6.45) is 0.876. The molecule has 0 saturated carbocycles. The second kappa shape index (κ2) is 7.40. The van der Waals surface area contributed by atoms with E-state index in [1.54, 1.807) is 12.1 Å². The summed E-state index contributed by atoms with van der Waals surface area (Å²) < 4.78 is 26.4. The van der Waals surface area contributed by atoms with Crippen molar-refractivity contribution in [3.8, 4) is 0 Å². The lowest BCUT2D eigenvalue weighted by Gasteiger charge is -2.19. The Morgan fingerprint density at radius 3 is 2.80 bits per heavy atom. The van der Waals surface area contributed by atoms with E-state index in [9.17, 15) is 13.6 Å². The van der Waals surface area contributed by atoms with Crippen LogP contribution in [0.5, 0.6) is 0 Å². The van der Waals surface area contributed by atoms with Gasteiger partial charge in [0.25, 0.3) is 5.91 Å². The minimum atomic E-state index is -0.845. The normalized spacial score (nSPS) is 17.0. The fraction of sp³-hybridized carbons (Fsp3) is 0.316. The van der Waals surface area contributed by atoms with Crippen LogP contribution in [0.3, 0.4) is 0 Å². The highest BCUT2D eigenvalue weighted by Gasteiger charge is 2.24. The molecule has 1 unspecified atom stereocenters. The molecule has 3 rings (SSSR count). The molecule has 2 aromatic carbocycles. The topological polar surface area (TPSA) is 32.3 Å². The minimum Gasteiger partial charge on any atom is -0.371 e. The first-order valence-corrected chi connectivity index (χ1v) is 8.57. The van der Waals surface area contributed by atoms with Crippen LogP contribution in [0.1, 0.15) is 22.3 Å². The summed E-state index contributed by atoms with van der Waals surface area (Å²) in [6, 6.07) is 9.28. The van der Waals surface area contributed by atoms with E-state index in [0.29, 0.717) is 29.4 Å². The molecule has 0 radical (unpaired) electrons. The Morgan fingerprint density at radius 1 is 1.28 bits per heavy atom. The third kappa shape index (κ3) is 3.93. The smallest absolute Gasteiger partial charge is 0.253 e. The van der Waals surface area contributed by atoms with E-state index in [-0.39, 0.29) is 11.8 Å². The molecule has 2 aromatic rings. The van der Waals surface area contributed by atoms with Gasteiger partial charge in [0.2, 0.25) is 0 Å². The maximum absolute atomic E-state index is 13.4. The van der Waals surface area contributed by atoms with Crippen molar-refractivity contribution in [2.24, 2.45) is 5.92 Å². The number of aryl methyl sites for hydroxylation is 1. The molecular formula is C19H19ClF2N2O. The monoisotopic (exact) mass is 364 g/mol. The lowest BCUT2D eigenvalue weighted by molar-refractivity contribution is 0.0948. The number of halogens is 3. The van der Waals surface area contributed by atoms with Gasteiger partial charge in [0.1, 0.15) is 0 Å². The zero-order valence-electron chi connectivity index (χ0n) is 13.9. The molecule has 1 heterocycles. The van der Waals surface area contributed by atoms with Crippen LogP contribution in [-0.4, -0.2) is 25.5 Å².